The minimum absolute atomic E-state index is 0.137. The van der Waals surface area contributed by atoms with E-state index in [1.54, 1.807) is 11.3 Å². The lowest BCUT2D eigenvalue weighted by Crippen LogP contribution is -2.38. The molecular weight excluding hydrogens is 330 g/mol. The Hall–Kier alpha value is -1.24. The quantitative estimate of drug-likeness (QED) is 0.768. The van der Waals surface area contributed by atoms with Gasteiger partial charge in [0.2, 0.25) is 0 Å². The van der Waals surface area contributed by atoms with Crippen LogP contribution in [0, 0.1) is 13.8 Å². The lowest BCUT2D eigenvalue weighted by atomic mass is 10.1. The highest BCUT2D eigenvalue weighted by Crippen LogP contribution is 2.33. The Morgan fingerprint density at radius 3 is 2.48 bits per heavy atom. The Kier molecular flexibility index (Phi) is 5.61. The molecule has 2 aromatic heterocycles. The molecule has 2 aromatic rings. The minimum Gasteiger partial charge on any atom is -0.368 e. The van der Waals surface area contributed by atoms with Crippen molar-refractivity contribution in [2.75, 3.05) is 31.5 Å². The van der Waals surface area contributed by atoms with E-state index in [9.17, 15) is 0 Å². The Morgan fingerprint density at radius 1 is 1.08 bits per heavy atom. The third kappa shape index (κ3) is 4.68. The summed E-state index contributed by atoms with van der Waals surface area (Å²) < 4.78 is 0. The van der Waals surface area contributed by atoms with Crippen molar-refractivity contribution in [1.82, 2.24) is 20.2 Å². The first-order chi connectivity index (χ1) is 11.8. The molecule has 0 saturated carbocycles. The van der Waals surface area contributed by atoms with Crippen molar-refractivity contribution in [3.8, 4) is 0 Å². The summed E-state index contributed by atoms with van der Waals surface area (Å²) in [6.07, 6.45) is 2.59. The van der Waals surface area contributed by atoms with E-state index in [1.807, 2.05) is 0 Å². The standard InChI is InChI=1S/C19H31N5S/c1-13-14(2)25-18-16(13)17(20-8-9-21-19(3,4)5)22-15(23-18)12-24-10-6-7-11-24/h21H,6-12H2,1-5H3,(H,20,22,23). The lowest BCUT2D eigenvalue weighted by molar-refractivity contribution is 0.323. The Labute approximate surface area is 155 Å². The zero-order chi connectivity index (χ0) is 18.0. The van der Waals surface area contributed by atoms with E-state index in [0.29, 0.717) is 0 Å². The van der Waals surface area contributed by atoms with Gasteiger partial charge in [0.15, 0.2) is 0 Å². The molecule has 0 unspecified atom stereocenters. The van der Waals surface area contributed by atoms with Crippen molar-refractivity contribution >= 4 is 27.4 Å². The molecule has 1 saturated heterocycles. The van der Waals surface area contributed by atoms with Crippen LogP contribution in [0.1, 0.15) is 49.9 Å². The highest BCUT2D eigenvalue weighted by atomic mass is 32.1. The molecule has 2 N–H and O–H groups in total. The van der Waals surface area contributed by atoms with Crippen LogP contribution in [-0.4, -0.2) is 46.6 Å². The van der Waals surface area contributed by atoms with E-state index in [1.165, 1.54) is 41.8 Å². The maximum Gasteiger partial charge on any atom is 0.146 e. The number of nitrogens with zero attached hydrogens (tertiary/aromatic N) is 3. The summed E-state index contributed by atoms with van der Waals surface area (Å²) >= 11 is 1.78. The van der Waals surface area contributed by atoms with Gasteiger partial charge in [-0.25, -0.2) is 9.97 Å². The molecule has 3 rings (SSSR count). The molecule has 138 valence electrons. The van der Waals surface area contributed by atoms with Crippen molar-refractivity contribution in [3.05, 3.63) is 16.3 Å². The summed E-state index contributed by atoms with van der Waals surface area (Å²) in [6, 6.07) is 0. The molecule has 0 amide bonds. The van der Waals surface area contributed by atoms with E-state index in [0.717, 1.165) is 36.1 Å². The predicted molar refractivity (Wildman–Crippen MR) is 108 cm³/mol. The van der Waals surface area contributed by atoms with Crippen LogP contribution in [0.4, 0.5) is 5.82 Å². The van der Waals surface area contributed by atoms with Gasteiger partial charge in [-0.05, 0) is 66.1 Å². The van der Waals surface area contributed by atoms with Gasteiger partial charge in [-0.2, -0.15) is 0 Å². The third-order valence-corrected chi connectivity index (χ3v) is 5.81. The molecule has 3 heterocycles. The maximum absolute atomic E-state index is 4.89. The number of nitrogens with one attached hydrogen (secondary N) is 2. The molecule has 0 radical (unpaired) electrons. The van der Waals surface area contributed by atoms with Gasteiger partial charge < -0.3 is 10.6 Å². The largest absolute Gasteiger partial charge is 0.368 e. The summed E-state index contributed by atoms with van der Waals surface area (Å²) in [5.74, 6) is 1.94. The monoisotopic (exact) mass is 361 g/mol. The average molecular weight is 362 g/mol. The summed E-state index contributed by atoms with van der Waals surface area (Å²) in [5.41, 5.74) is 1.44. The van der Waals surface area contributed by atoms with Crippen LogP contribution in [-0.2, 0) is 6.54 Å². The van der Waals surface area contributed by atoms with Crippen LogP contribution in [0.15, 0.2) is 0 Å². The van der Waals surface area contributed by atoms with Crippen LogP contribution in [0.2, 0.25) is 0 Å². The maximum atomic E-state index is 4.89. The molecule has 0 spiro atoms. The van der Waals surface area contributed by atoms with Crippen molar-refractivity contribution in [1.29, 1.82) is 0 Å². The second kappa shape index (κ2) is 7.56. The fraction of sp³-hybridized carbons (Fsp3) is 0.684. The van der Waals surface area contributed by atoms with Gasteiger partial charge in [0, 0.05) is 23.5 Å². The van der Waals surface area contributed by atoms with Crippen molar-refractivity contribution in [2.45, 2.75) is 59.5 Å². The topological polar surface area (TPSA) is 53.1 Å². The lowest BCUT2D eigenvalue weighted by Gasteiger charge is -2.21. The van der Waals surface area contributed by atoms with Crippen LogP contribution in [0.3, 0.4) is 0 Å². The summed E-state index contributed by atoms with van der Waals surface area (Å²) in [6.45, 7) is 15.9. The third-order valence-electron chi connectivity index (χ3n) is 4.71. The van der Waals surface area contributed by atoms with Gasteiger partial charge in [0.05, 0.1) is 11.9 Å². The molecule has 25 heavy (non-hydrogen) atoms. The molecule has 0 aromatic carbocycles. The first kappa shape index (κ1) is 18.5. The van der Waals surface area contributed by atoms with Crippen molar-refractivity contribution in [2.24, 2.45) is 0 Å². The molecule has 1 fully saturated rings. The number of hydrogen-bond donors (Lipinski definition) is 2. The number of fused-ring (bicyclic) bond motifs is 1. The highest BCUT2D eigenvalue weighted by Gasteiger charge is 2.18. The SMILES string of the molecule is Cc1sc2nc(CN3CCCC3)nc(NCCNC(C)(C)C)c2c1C. The van der Waals surface area contributed by atoms with Gasteiger partial charge in [0.1, 0.15) is 16.5 Å². The summed E-state index contributed by atoms with van der Waals surface area (Å²) in [4.78, 5) is 14.7. The van der Waals surface area contributed by atoms with Gasteiger partial charge in [-0.3, -0.25) is 4.90 Å². The number of hydrogen-bond acceptors (Lipinski definition) is 6. The molecule has 1 aliphatic rings. The number of thiophene rings is 1. The van der Waals surface area contributed by atoms with Crippen molar-refractivity contribution < 1.29 is 0 Å². The fourth-order valence-corrected chi connectivity index (χ4v) is 4.30. The molecule has 6 heteroatoms. The van der Waals surface area contributed by atoms with Gasteiger partial charge in [0.25, 0.3) is 0 Å². The second-order valence-corrected chi connectivity index (χ2v) is 9.24. The van der Waals surface area contributed by atoms with E-state index in [2.05, 4.69) is 50.2 Å². The Balaban J connectivity index is 1.80. The average Bonchev–Trinajstić information content (AvgIpc) is 3.12. The zero-order valence-corrected chi connectivity index (χ0v) is 17.0. The van der Waals surface area contributed by atoms with Crippen LogP contribution >= 0.6 is 11.3 Å². The van der Waals surface area contributed by atoms with Gasteiger partial charge in [-0.1, -0.05) is 0 Å². The van der Waals surface area contributed by atoms with E-state index in [-0.39, 0.29) is 5.54 Å². The number of anilines is 1. The molecule has 0 bridgehead atoms. The number of rotatable bonds is 6. The van der Waals surface area contributed by atoms with Gasteiger partial charge in [-0.15, -0.1) is 11.3 Å². The zero-order valence-electron chi connectivity index (χ0n) is 16.2. The highest BCUT2D eigenvalue weighted by molar-refractivity contribution is 7.18. The fourth-order valence-electron chi connectivity index (χ4n) is 3.25. The summed E-state index contributed by atoms with van der Waals surface area (Å²) in [7, 11) is 0. The molecule has 0 atom stereocenters. The van der Waals surface area contributed by atoms with Gasteiger partial charge >= 0.3 is 0 Å². The Bertz CT molecular complexity index is 725. The van der Waals surface area contributed by atoms with E-state index in [4.69, 9.17) is 9.97 Å². The molecule has 1 aliphatic heterocycles. The smallest absolute Gasteiger partial charge is 0.146 e. The number of likely N-dealkylation sites (tertiary alicyclic amines) is 1. The predicted octanol–water partition coefficient (Wildman–Crippen LogP) is 3.70. The van der Waals surface area contributed by atoms with Crippen LogP contribution in [0.5, 0.6) is 0 Å². The van der Waals surface area contributed by atoms with Crippen LogP contribution < -0.4 is 10.6 Å². The number of aryl methyl sites for hydroxylation is 2. The number of aromatic nitrogens is 2. The Morgan fingerprint density at radius 2 is 1.80 bits per heavy atom. The van der Waals surface area contributed by atoms with Crippen LogP contribution in [0.25, 0.3) is 10.2 Å². The first-order valence-corrected chi connectivity index (χ1v) is 10.1. The summed E-state index contributed by atoms with van der Waals surface area (Å²) in [5, 5.41) is 8.27. The minimum atomic E-state index is 0.137. The van der Waals surface area contributed by atoms with E-state index >= 15 is 0 Å². The normalized spacial score (nSPS) is 16.0. The molecule has 0 aliphatic carbocycles. The molecule has 5 nitrogen and oxygen atoms in total. The van der Waals surface area contributed by atoms with Crippen molar-refractivity contribution in [3.63, 3.8) is 0 Å². The first-order valence-electron chi connectivity index (χ1n) is 9.31. The second-order valence-electron chi connectivity index (χ2n) is 8.04. The molecular formula is C19H31N5S. The van der Waals surface area contributed by atoms with E-state index < -0.39 is 0 Å².